The first-order valence-corrected chi connectivity index (χ1v) is 6.49. The third-order valence-corrected chi connectivity index (χ3v) is 3.29. The molecule has 1 N–H and O–H groups in total. The van der Waals surface area contributed by atoms with Gasteiger partial charge in [0.1, 0.15) is 0 Å². The summed E-state index contributed by atoms with van der Waals surface area (Å²) in [5.41, 5.74) is -0.115. The molecule has 0 aliphatic rings. The van der Waals surface area contributed by atoms with Crippen molar-refractivity contribution in [2.24, 2.45) is 0 Å². The fraction of sp³-hybridized carbons (Fsp3) is 0. The van der Waals surface area contributed by atoms with Gasteiger partial charge in [-0.1, -0.05) is 24.3 Å². The van der Waals surface area contributed by atoms with Crippen molar-refractivity contribution in [1.29, 1.82) is 0 Å². The summed E-state index contributed by atoms with van der Waals surface area (Å²) in [6, 6.07) is 11.6. The summed E-state index contributed by atoms with van der Waals surface area (Å²) in [7, 11) is 0. The minimum Gasteiger partial charge on any atom is -0.476 e. The summed E-state index contributed by atoms with van der Waals surface area (Å²) in [5.74, 6) is -1.90. The van der Waals surface area contributed by atoms with Crippen LogP contribution in [0.15, 0.2) is 48.5 Å². The first-order chi connectivity index (χ1) is 11.0. The lowest BCUT2D eigenvalue weighted by molar-refractivity contribution is -0.384. The number of rotatable bonds is 3. The minimum absolute atomic E-state index is 0.0457. The van der Waals surface area contributed by atoms with E-state index >= 15 is 0 Å². The van der Waals surface area contributed by atoms with Gasteiger partial charge >= 0.3 is 5.97 Å². The van der Waals surface area contributed by atoms with Crippen molar-refractivity contribution >= 4 is 28.5 Å². The van der Waals surface area contributed by atoms with Gasteiger partial charge in [0, 0.05) is 23.1 Å². The number of carboxylic acids is 1. The Morgan fingerprint density at radius 2 is 1.87 bits per heavy atom. The van der Waals surface area contributed by atoms with Crippen LogP contribution >= 0.6 is 0 Å². The zero-order valence-electron chi connectivity index (χ0n) is 11.5. The van der Waals surface area contributed by atoms with Gasteiger partial charge in [-0.15, -0.1) is 0 Å². The highest BCUT2D eigenvalue weighted by Crippen LogP contribution is 2.21. The molecule has 0 saturated heterocycles. The molecule has 3 rings (SSSR count). The van der Waals surface area contributed by atoms with Gasteiger partial charge in [-0.25, -0.2) is 4.79 Å². The first kappa shape index (κ1) is 14.4. The molecular formula is C15H9N3O5. The van der Waals surface area contributed by atoms with Gasteiger partial charge in [0.2, 0.25) is 0 Å². The Kier molecular flexibility index (Phi) is 3.34. The molecule has 0 amide bonds. The summed E-state index contributed by atoms with van der Waals surface area (Å²) in [6.07, 6.45) is 0. The number of carboxylic acid groups (broad SMARTS) is 1. The van der Waals surface area contributed by atoms with Gasteiger partial charge in [-0.2, -0.15) is 9.78 Å². The van der Waals surface area contributed by atoms with Crippen molar-refractivity contribution in [3.8, 4) is 0 Å². The second kappa shape index (κ2) is 5.34. The molecule has 0 aliphatic heterocycles. The fourth-order valence-corrected chi connectivity index (χ4v) is 2.25. The van der Waals surface area contributed by atoms with E-state index in [1.54, 1.807) is 24.3 Å². The van der Waals surface area contributed by atoms with Crippen LogP contribution in [-0.2, 0) is 0 Å². The molecule has 0 atom stereocenters. The number of carbonyl (C=O) groups excluding carboxylic acids is 1. The van der Waals surface area contributed by atoms with Gasteiger partial charge in [-0.3, -0.25) is 14.9 Å². The van der Waals surface area contributed by atoms with Crippen LogP contribution in [0.3, 0.4) is 0 Å². The van der Waals surface area contributed by atoms with E-state index in [1.165, 1.54) is 18.2 Å². The van der Waals surface area contributed by atoms with E-state index in [-0.39, 0.29) is 16.9 Å². The van der Waals surface area contributed by atoms with E-state index in [4.69, 9.17) is 0 Å². The van der Waals surface area contributed by atoms with Crippen LogP contribution in [0.2, 0.25) is 0 Å². The average molecular weight is 311 g/mol. The number of aromatic nitrogens is 2. The molecule has 0 unspecified atom stereocenters. The van der Waals surface area contributed by atoms with Gasteiger partial charge in [0.15, 0.2) is 5.69 Å². The standard InChI is InChI=1S/C15H9N3O5/c19-14(9-4-3-5-10(8-9)18(22)23)17-12-7-2-1-6-11(12)13(16-17)15(20)21/h1-8H,(H,20,21). The van der Waals surface area contributed by atoms with Crippen LogP contribution in [0.4, 0.5) is 5.69 Å². The molecule has 8 heteroatoms. The number of nitro benzene ring substituents is 1. The molecule has 3 aromatic rings. The molecule has 1 aromatic heterocycles. The number of hydrogen-bond acceptors (Lipinski definition) is 5. The lowest BCUT2D eigenvalue weighted by Crippen LogP contribution is -2.14. The van der Waals surface area contributed by atoms with Crippen molar-refractivity contribution < 1.29 is 19.6 Å². The largest absolute Gasteiger partial charge is 0.476 e. The molecule has 114 valence electrons. The first-order valence-electron chi connectivity index (χ1n) is 6.49. The number of fused-ring (bicyclic) bond motifs is 1. The fourth-order valence-electron chi connectivity index (χ4n) is 2.25. The summed E-state index contributed by atoms with van der Waals surface area (Å²) >= 11 is 0. The quantitative estimate of drug-likeness (QED) is 0.586. The topological polar surface area (TPSA) is 115 Å². The van der Waals surface area contributed by atoms with Crippen molar-refractivity contribution in [2.45, 2.75) is 0 Å². The minimum atomic E-state index is -1.26. The lowest BCUT2D eigenvalue weighted by Gasteiger charge is -2.02. The van der Waals surface area contributed by atoms with Crippen LogP contribution in [0.25, 0.3) is 10.9 Å². The van der Waals surface area contributed by atoms with E-state index in [9.17, 15) is 24.8 Å². The molecule has 0 bridgehead atoms. The monoisotopic (exact) mass is 311 g/mol. The number of nitrogens with zero attached hydrogens (tertiary/aromatic N) is 3. The molecule has 0 fully saturated rings. The predicted octanol–water partition coefficient (Wildman–Crippen LogP) is 2.33. The molecule has 2 aromatic carbocycles. The molecule has 0 saturated carbocycles. The Morgan fingerprint density at radius 3 is 2.57 bits per heavy atom. The van der Waals surface area contributed by atoms with E-state index in [2.05, 4.69) is 5.10 Å². The Hall–Kier alpha value is -3.55. The van der Waals surface area contributed by atoms with Crippen molar-refractivity contribution in [3.05, 3.63) is 69.9 Å². The number of non-ortho nitro benzene ring substituents is 1. The third-order valence-electron chi connectivity index (χ3n) is 3.29. The second-order valence-electron chi connectivity index (χ2n) is 4.70. The molecule has 8 nitrogen and oxygen atoms in total. The van der Waals surface area contributed by atoms with E-state index < -0.39 is 16.8 Å². The maximum absolute atomic E-state index is 12.6. The van der Waals surface area contributed by atoms with Crippen molar-refractivity contribution in [1.82, 2.24) is 9.78 Å². The maximum atomic E-state index is 12.6. The highest BCUT2D eigenvalue weighted by atomic mass is 16.6. The zero-order chi connectivity index (χ0) is 16.6. The SMILES string of the molecule is O=C(O)c1nn(C(=O)c2cccc([N+](=O)[O-])c2)c2ccccc12. The molecule has 0 radical (unpaired) electrons. The number of hydrogen-bond donors (Lipinski definition) is 1. The Morgan fingerprint density at radius 1 is 1.13 bits per heavy atom. The Labute approximate surface area is 128 Å². The van der Waals surface area contributed by atoms with Crippen molar-refractivity contribution in [2.75, 3.05) is 0 Å². The van der Waals surface area contributed by atoms with E-state index in [0.717, 1.165) is 10.7 Å². The Bertz CT molecular complexity index is 961. The summed E-state index contributed by atoms with van der Waals surface area (Å²) in [5, 5.41) is 24.2. The highest BCUT2D eigenvalue weighted by Gasteiger charge is 2.21. The smallest absolute Gasteiger partial charge is 0.357 e. The summed E-state index contributed by atoms with van der Waals surface area (Å²) < 4.78 is 0.942. The number of nitro groups is 1. The number of aromatic carboxylic acids is 1. The van der Waals surface area contributed by atoms with Gasteiger partial charge in [-0.05, 0) is 12.1 Å². The van der Waals surface area contributed by atoms with E-state index in [0.29, 0.717) is 10.9 Å². The van der Waals surface area contributed by atoms with Crippen LogP contribution in [0.5, 0.6) is 0 Å². The van der Waals surface area contributed by atoms with Crippen LogP contribution in [-0.4, -0.2) is 31.7 Å². The van der Waals surface area contributed by atoms with Gasteiger partial charge < -0.3 is 5.11 Å². The number of para-hydroxylation sites is 1. The summed E-state index contributed by atoms with van der Waals surface area (Å²) in [4.78, 5) is 34.0. The summed E-state index contributed by atoms with van der Waals surface area (Å²) in [6.45, 7) is 0. The molecule has 0 spiro atoms. The zero-order valence-corrected chi connectivity index (χ0v) is 11.5. The lowest BCUT2D eigenvalue weighted by atomic mass is 10.2. The normalized spacial score (nSPS) is 10.6. The maximum Gasteiger partial charge on any atom is 0.357 e. The third kappa shape index (κ3) is 2.42. The van der Waals surface area contributed by atoms with Gasteiger partial charge in [0.05, 0.1) is 10.4 Å². The van der Waals surface area contributed by atoms with Crippen LogP contribution < -0.4 is 0 Å². The highest BCUT2D eigenvalue weighted by molar-refractivity contribution is 6.07. The molecule has 1 heterocycles. The van der Waals surface area contributed by atoms with Gasteiger partial charge in [0.25, 0.3) is 11.6 Å². The van der Waals surface area contributed by atoms with Crippen LogP contribution in [0.1, 0.15) is 20.8 Å². The van der Waals surface area contributed by atoms with E-state index in [1.807, 2.05) is 0 Å². The molecule has 23 heavy (non-hydrogen) atoms. The average Bonchev–Trinajstić information content (AvgIpc) is 2.94. The number of carbonyl (C=O) groups is 2. The Balaban J connectivity index is 2.17. The predicted molar refractivity (Wildman–Crippen MR) is 79.5 cm³/mol. The van der Waals surface area contributed by atoms with Crippen LogP contribution in [0, 0.1) is 10.1 Å². The molecule has 0 aliphatic carbocycles. The second-order valence-corrected chi connectivity index (χ2v) is 4.70. The van der Waals surface area contributed by atoms with Crippen molar-refractivity contribution in [3.63, 3.8) is 0 Å². The number of benzene rings is 2. The molecular weight excluding hydrogens is 302 g/mol.